The summed E-state index contributed by atoms with van der Waals surface area (Å²) >= 11 is 0. The van der Waals surface area contributed by atoms with Gasteiger partial charge < -0.3 is 4.90 Å². The first kappa shape index (κ1) is 25.4. The fourth-order valence-corrected chi connectivity index (χ4v) is 7.88. The minimum Gasteiger partial charge on any atom is -0.311 e. The van der Waals surface area contributed by atoms with E-state index in [1.165, 1.54) is 72.5 Å². The number of hydrogen-bond acceptors (Lipinski definition) is 1. The zero-order valence-electron chi connectivity index (χ0n) is 25.4. The van der Waals surface area contributed by atoms with E-state index in [0.717, 1.165) is 0 Å². The molecule has 0 aromatic heterocycles. The lowest BCUT2D eigenvalue weighted by atomic mass is 9.33. The van der Waals surface area contributed by atoms with Crippen LogP contribution in [0.5, 0.6) is 0 Å². The molecule has 0 unspecified atom stereocenters. The molecule has 3 aliphatic rings. The molecule has 1 aliphatic carbocycles. The molecule has 2 heterocycles. The van der Waals surface area contributed by atoms with Crippen molar-refractivity contribution in [2.24, 2.45) is 0 Å². The van der Waals surface area contributed by atoms with Gasteiger partial charge in [-0.25, -0.2) is 0 Å². The maximum absolute atomic E-state index is 2.52. The predicted molar refractivity (Wildman–Crippen MR) is 181 cm³/mol. The van der Waals surface area contributed by atoms with Gasteiger partial charge in [0.15, 0.2) is 0 Å². The van der Waals surface area contributed by atoms with Gasteiger partial charge in [0.25, 0.3) is 0 Å². The molecule has 2 heteroatoms. The maximum atomic E-state index is 2.52. The highest BCUT2D eigenvalue weighted by molar-refractivity contribution is 6.97. The van der Waals surface area contributed by atoms with Crippen molar-refractivity contribution in [3.05, 3.63) is 142 Å². The summed E-state index contributed by atoms with van der Waals surface area (Å²) in [4.78, 5) is 2.52. The third-order valence-corrected chi connectivity index (χ3v) is 9.88. The third-order valence-electron chi connectivity index (χ3n) is 9.88. The third kappa shape index (κ3) is 3.45. The van der Waals surface area contributed by atoms with E-state index in [-0.39, 0.29) is 17.5 Å². The minimum atomic E-state index is -0.0472. The van der Waals surface area contributed by atoms with Gasteiger partial charge in [0.05, 0.1) is 0 Å². The fraction of sp³-hybridized carbons (Fsp3) is 0.200. The summed E-state index contributed by atoms with van der Waals surface area (Å²) in [7, 11) is 0. The van der Waals surface area contributed by atoms with Crippen LogP contribution in [-0.2, 0) is 10.8 Å². The fourth-order valence-electron chi connectivity index (χ4n) is 7.88. The van der Waals surface area contributed by atoms with Crippen molar-refractivity contribution in [1.82, 2.24) is 0 Å². The highest BCUT2D eigenvalue weighted by Crippen LogP contribution is 2.55. The van der Waals surface area contributed by atoms with Gasteiger partial charge in [0, 0.05) is 22.5 Å². The average molecular weight is 542 g/mol. The van der Waals surface area contributed by atoms with Gasteiger partial charge in [-0.1, -0.05) is 125 Å². The van der Waals surface area contributed by atoms with Crippen LogP contribution in [0.1, 0.15) is 62.4 Å². The topological polar surface area (TPSA) is 3.24 Å². The molecule has 1 nitrogen and oxygen atoms in total. The number of aryl methyl sites for hydroxylation is 1. The molecule has 0 spiro atoms. The molecule has 204 valence electrons. The Labute approximate surface area is 250 Å². The standard InChI is InChI=1S/C40H36BN/c1-25-22-31-36-30-14-10-11-15-32(30)40(5,6)38(36)41-33-21-18-27(26-16-19-28(20-17-26)39(2,3)4)24-34(33)42(35(23-25)37(31)41)29-12-8-7-9-13-29/h7-24H,1-6H3. The Bertz CT molecular complexity index is 1940. The first-order valence-electron chi connectivity index (χ1n) is 15.2. The Morgan fingerprint density at radius 2 is 1.36 bits per heavy atom. The summed E-state index contributed by atoms with van der Waals surface area (Å²) in [6.07, 6.45) is 0. The molecule has 5 aromatic carbocycles. The Kier molecular flexibility index (Phi) is 5.21. The van der Waals surface area contributed by atoms with Crippen LogP contribution in [0, 0.1) is 6.92 Å². The van der Waals surface area contributed by atoms with Crippen molar-refractivity contribution in [3.63, 3.8) is 0 Å². The monoisotopic (exact) mass is 541 g/mol. The second-order valence-corrected chi connectivity index (χ2v) is 13.9. The summed E-state index contributed by atoms with van der Waals surface area (Å²) in [6, 6.07) is 41.2. The maximum Gasteiger partial charge on any atom is 0.244 e. The second-order valence-electron chi connectivity index (χ2n) is 13.9. The second kappa shape index (κ2) is 8.61. The highest BCUT2D eigenvalue weighted by atomic mass is 15.2. The molecule has 0 N–H and O–H groups in total. The number of allylic oxidation sites excluding steroid dienone is 1. The molecule has 2 aliphatic heterocycles. The van der Waals surface area contributed by atoms with Crippen LogP contribution in [0.25, 0.3) is 16.7 Å². The molecule has 8 rings (SSSR count). The van der Waals surface area contributed by atoms with Gasteiger partial charge in [-0.05, 0) is 92.0 Å². The number of benzene rings is 5. The van der Waals surface area contributed by atoms with E-state index in [0.29, 0.717) is 0 Å². The normalized spacial score (nSPS) is 15.9. The molecule has 0 saturated heterocycles. The van der Waals surface area contributed by atoms with Crippen LogP contribution >= 0.6 is 0 Å². The lowest BCUT2D eigenvalue weighted by molar-refractivity contribution is 0.590. The van der Waals surface area contributed by atoms with Crippen LogP contribution in [0.15, 0.2) is 115 Å². The van der Waals surface area contributed by atoms with Crippen molar-refractivity contribution in [2.75, 3.05) is 4.90 Å². The van der Waals surface area contributed by atoms with Crippen LogP contribution < -0.4 is 15.8 Å². The van der Waals surface area contributed by atoms with Crippen LogP contribution in [0.3, 0.4) is 0 Å². The zero-order valence-corrected chi connectivity index (χ0v) is 25.4. The van der Waals surface area contributed by atoms with Crippen molar-refractivity contribution in [3.8, 4) is 11.1 Å². The Balaban J connectivity index is 1.40. The molecule has 0 atom stereocenters. The number of fused-ring (bicyclic) bond motifs is 6. The predicted octanol–water partition coefficient (Wildman–Crippen LogP) is 9.00. The lowest BCUT2D eigenvalue weighted by Gasteiger charge is -2.39. The van der Waals surface area contributed by atoms with Crippen molar-refractivity contribution >= 4 is 40.3 Å². The smallest absolute Gasteiger partial charge is 0.244 e. The van der Waals surface area contributed by atoms with Gasteiger partial charge in [-0.15, -0.1) is 0 Å². The molecule has 0 radical (unpaired) electrons. The Morgan fingerprint density at radius 3 is 2.10 bits per heavy atom. The Hall–Kier alpha value is -4.30. The first-order chi connectivity index (χ1) is 20.1. The number of anilines is 3. The highest BCUT2D eigenvalue weighted by Gasteiger charge is 2.52. The summed E-state index contributed by atoms with van der Waals surface area (Å²) in [5.41, 5.74) is 19.2. The van der Waals surface area contributed by atoms with Gasteiger partial charge in [0.1, 0.15) is 0 Å². The van der Waals surface area contributed by atoms with Crippen LogP contribution in [0.4, 0.5) is 17.1 Å². The lowest BCUT2D eigenvalue weighted by Crippen LogP contribution is -2.52. The number of nitrogens with zero attached hydrogens (tertiary/aromatic N) is 1. The molecular formula is C40H36BN. The molecular weight excluding hydrogens is 505 g/mol. The number of para-hydroxylation sites is 1. The number of hydrogen-bond donors (Lipinski definition) is 0. The molecule has 0 fully saturated rings. The van der Waals surface area contributed by atoms with Crippen molar-refractivity contribution in [2.45, 2.75) is 52.4 Å². The minimum absolute atomic E-state index is 0.0472. The van der Waals surface area contributed by atoms with Gasteiger partial charge in [-0.3, -0.25) is 0 Å². The quantitative estimate of drug-likeness (QED) is 0.202. The van der Waals surface area contributed by atoms with E-state index in [9.17, 15) is 0 Å². The zero-order chi connectivity index (χ0) is 29.0. The van der Waals surface area contributed by atoms with Gasteiger partial charge >= 0.3 is 0 Å². The van der Waals surface area contributed by atoms with Crippen molar-refractivity contribution in [1.29, 1.82) is 0 Å². The first-order valence-corrected chi connectivity index (χ1v) is 15.2. The van der Waals surface area contributed by atoms with E-state index in [4.69, 9.17) is 0 Å². The van der Waals surface area contributed by atoms with Gasteiger partial charge in [0.2, 0.25) is 6.71 Å². The van der Waals surface area contributed by atoms with E-state index >= 15 is 0 Å². The van der Waals surface area contributed by atoms with Crippen LogP contribution in [-0.4, -0.2) is 6.71 Å². The van der Waals surface area contributed by atoms with E-state index in [1.54, 1.807) is 5.47 Å². The van der Waals surface area contributed by atoms with E-state index < -0.39 is 0 Å². The van der Waals surface area contributed by atoms with Crippen LogP contribution in [0.2, 0.25) is 0 Å². The largest absolute Gasteiger partial charge is 0.311 e. The Morgan fingerprint density at radius 1 is 0.667 bits per heavy atom. The SMILES string of the molecule is Cc1cc2c3c(c1)N(c1ccccc1)c1cc(-c4ccc(C(C)(C)C)cc4)ccc1B3C1=C2c2ccccc2C1(C)C. The van der Waals surface area contributed by atoms with E-state index in [1.807, 2.05) is 0 Å². The van der Waals surface area contributed by atoms with Gasteiger partial charge in [-0.2, -0.15) is 0 Å². The molecule has 0 bridgehead atoms. The molecule has 0 amide bonds. The molecule has 0 saturated carbocycles. The average Bonchev–Trinajstić information content (AvgIpc) is 3.44. The summed E-state index contributed by atoms with van der Waals surface area (Å²) in [5, 5.41) is 0. The summed E-state index contributed by atoms with van der Waals surface area (Å²) in [5.74, 6) is 0. The van der Waals surface area contributed by atoms with Crippen molar-refractivity contribution < 1.29 is 0 Å². The van der Waals surface area contributed by atoms with E-state index in [2.05, 4.69) is 156 Å². The molecule has 5 aromatic rings. The number of rotatable bonds is 2. The summed E-state index contributed by atoms with van der Waals surface area (Å²) < 4.78 is 0. The summed E-state index contributed by atoms with van der Waals surface area (Å²) in [6.45, 7) is 14.2. The molecule has 42 heavy (non-hydrogen) atoms.